The van der Waals surface area contributed by atoms with Crippen LogP contribution in [0.1, 0.15) is 40.5 Å². The summed E-state index contributed by atoms with van der Waals surface area (Å²) in [7, 11) is 0. The van der Waals surface area contributed by atoms with Crippen molar-refractivity contribution in [1.82, 2.24) is 19.7 Å². The quantitative estimate of drug-likeness (QED) is 0.769. The van der Waals surface area contributed by atoms with Crippen LogP contribution < -0.4 is 5.32 Å². The number of halogens is 1. The standard InChI is InChI=1S/C19H18FN5O/c1-10-8-11(2)22-19(21-10)25-18-17(12(3)24-25)14(9-16(26)23-18)13-6-4-5-7-15(13)20/h4-8,14H,9H2,1-3H3,(H,23,26)/t14-/m0/s1. The van der Waals surface area contributed by atoms with Crippen LogP contribution in [-0.4, -0.2) is 25.7 Å². The molecule has 2 aromatic heterocycles. The first-order valence-electron chi connectivity index (χ1n) is 8.40. The van der Waals surface area contributed by atoms with Crippen molar-refractivity contribution in [2.75, 3.05) is 5.32 Å². The number of hydrogen-bond donors (Lipinski definition) is 1. The predicted octanol–water partition coefficient (Wildman–Crippen LogP) is 3.20. The van der Waals surface area contributed by atoms with Crippen LogP contribution in [0.5, 0.6) is 0 Å². The molecule has 6 nitrogen and oxygen atoms in total. The minimum Gasteiger partial charge on any atom is -0.310 e. The van der Waals surface area contributed by atoms with Crippen LogP contribution >= 0.6 is 0 Å². The highest BCUT2D eigenvalue weighted by Crippen LogP contribution is 2.40. The molecular formula is C19H18FN5O. The maximum absolute atomic E-state index is 14.4. The molecule has 26 heavy (non-hydrogen) atoms. The first kappa shape index (κ1) is 16.4. The molecule has 0 bridgehead atoms. The molecule has 1 atom stereocenters. The number of rotatable bonds is 2. The van der Waals surface area contributed by atoms with Gasteiger partial charge in [-0.1, -0.05) is 18.2 Å². The van der Waals surface area contributed by atoms with Crippen molar-refractivity contribution in [3.8, 4) is 5.95 Å². The molecular weight excluding hydrogens is 333 g/mol. The Balaban J connectivity index is 1.92. The van der Waals surface area contributed by atoms with Crippen molar-refractivity contribution in [1.29, 1.82) is 0 Å². The van der Waals surface area contributed by atoms with Crippen LogP contribution in [0.4, 0.5) is 10.2 Å². The number of carbonyl (C=O) groups excluding carboxylic acids is 1. The van der Waals surface area contributed by atoms with Crippen LogP contribution in [0, 0.1) is 26.6 Å². The van der Waals surface area contributed by atoms with E-state index in [9.17, 15) is 9.18 Å². The summed E-state index contributed by atoms with van der Waals surface area (Å²) in [5.41, 5.74) is 3.63. The van der Waals surface area contributed by atoms with E-state index in [0.717, 1.165) is 22.6 Å². The Bertz CT molecular complexity index is 1010. The normalized spacial score (nSPS) is 16.3. The van der Waals surface area contributed by atoms with Gasteiger partial charge in [0.25, 0.3) is 5.95 Å². The lowest BCUT2D eigenvalue weighted by atomic mass is 9.85. The molecule has 0 saturated carbocycles. The summed E-state index contributed by atoms with van der Waals surface area (Å²) in [5, 5.41) is 7.40. The zero-order chi connectivity index (χ0) is 18.4. The van der Waals surface area contributed by atoms with Gasteiger partial charge in [-0.15, -0.1) is 0 Å². The topological polar surface area (TPSA) is 72.7 Å². The van der Waals surface area contributed by atoms with E-state index in [1.54, 1.807) is 18.2 Å². The van der Waals surface area contributed by atoms with Gasteiger partial charge in [-0.2, -0.15) is 9.78 Å². The van der Waals surface area contributed by atoms with Crippen molar-refractivity contribution < 1.29 is 9.18 Å². The first-order chi connectivity index (χ1) is 12.4. The lowest BCUT2D eigenvalue weighted by Gasteiger charge is -2.24. The van der Waals surface area contributed by atoms with Gasteiger partial charge in [0.2, 0.25) is 5.91 Å². The number of carbonyl (C=O) groups is 1. The third-order valence-corrected chi connectivity index (χ3v) is 4.54. The average Bonchev–Trinajstić information content (AvgIpc) is 2.90. The molecule has 0 radical (unpaired) electrons. The van der Waals surface area contributed by atoms with Crippen molar-refractivity contribution >= 4 is 11.7 Å². The van der Waals surface area contributed by atoms with Gasteiger partial charge in [-0.05, 0) is 38.5 Å². The molecule has 3 heterocycles. The van der Waals surface area contributed by atoms with Gasteiger partial charge in [-0.3, -0.25) is 4.79 Å². The van der Waals surface area contributed by atoms with Crippen LogP contribution in [0.3, 0.4) is 0 Å². The fourth-order valence-electron chi connectivity index (χ4n) is 3.52. The number of fused-ring (bicyclic) bond motifs is 1. The summed E-state index contributed by atoms with van der Waals surface area (Å²) < 4.78 is 15.9. The van der Waals surface area contributed by atoms with Gasteiger partial charge >= 0.3 is 0 Å². The van der Waals surface area contributed by atoms with Crippen molar-refractivity contribution in [2.24, 2.45) is 0 Å². The average molecular weight is 351 g/mol. The minimum atomic E-state index is -0.389. The second kappa shape index (κ2) is 6.01. The van der Waals surface area contributed by atoms with Gasteiger partial charge in [0.05, 0.1) is 5.69 Å². The first-order valence-corrected chi connectivity index (χ1v) is 8.40. The summed E-state index contributed by atoms with van der Waals surface area (Å²) in [5.74, 6) is 0.00201. The molecule has 1 amide bonds. The third-order valence-electron chi connectivity index (χ3n) is 4.54. The summed E-state index contributed by atoms with van der Waals surface area (Å²) in [6.07, 6.45) is 0.175. The fourth-order valence-corrected chi connectivity index (χ4v) is 3.52. The summed E-state index contributed by atoms with van der Waals surface area (Å²) in [4.78, 5) is 21.2. The maximum Gasteiger partial charge on any atom is 0.252 e. The Kier molecular flexibility index (Phi) is 3.79. The Morgan fingerprint density at radius 2 is 1.85 bits per heavy atom. The van der Waals surface area contributed by atoms with E-state index < -0.39 is 0 Å². The van der Waals surface area contributed by atoms with Crippen molar-refractivity contribution in [2.45, 2.75) is 33.1 Å². The number of hydrogen-bond acceptors (Lipinski definition) is 4. The van der Waals surface area contributed by atoms with E-state index in [1.807, 2.05) is 26.8 Å². The van der Waals surface area contributed by atoms with Crippen LogP contribution in [0.15, 0.2) is 30.3 Å². The number of amides is 1. The van der Waals surface area contributed by atoms with E-state index >= 15 is 0 Å². The molecule has 7 heteroatoms. The Morgan fingerprint density at radius 1 is 1.15 bits per heavy atom. The molecule has 1 aliphatic rings. The third kappa shape index (κ3) is 2.65. The molecule has 1 N–H and O–H groups in total. The number of nitrogens with zero attached hydrogens (tertiary/aromatic N) is 4. The highest BCUT2D eigenvalue weighted by Gasteiger charge is 2.34. The molecule has 0 spiro atoms. The SMILES string of the molecule is Cc1cc(C)nc(-n2nc(C)c3c2NC(=O)C[C@H]3c2ccccc2F)n1. The monoisotopic (exact) mass is 351 g/mol. The van der Waals surface area contributed by atoms with Crippen LogP contribution in [0.25, 0.3) is 5.95 Å². The minimum absolute atomic E-state index is 0.175. The van der Waals surface area contributed by atoms with E-state index in [4.69, 9.17) is 0 Å². The summed E-state index contributed by atoms with van der Waals surface area (Å²) in [6.45, 7) is 5.60. The Morgan fingerprint density at radius 3 is 2.54 bits per heavy atom. The molecule has 3 aromatic rings. The van der Waals surface area contributed by atoms with Crippen molar-refractivity contribution in [3.63, 3.8) is 0 Å². The highest BCUT2D eigenvalue weighted by atomic mass is 19.1. The van der Waals surface area contributed by atoms with Crippen molar-refractivity contribution in [3.05, 3.63) is 64.4 Å². The Hall–Kier alpha value is -3.09. The van der Waals surface area contributed by atoms with Gasteiger partial charge in [0.1, 0.15) is 11.6 Å². The van der Waals surface area contributed by atoms with Gasteiger partial charge in [0.15, 0.2) is 0 Å². The van der Waals surface area contributed by atoms with E-state index in [1.165, 1.54) is 10.7 Å². The smallest absolute Gasteiger partial charge is 0.252 e. The molecule has 0 unspecified atom stereocenters. The molecule has 0 saturated heterocycles. The second-order valence-electron chi connectivity index (χ2n) is 6.54. The lowest BCUT2D eigenvalue weighted by Crippen LogP contribution is -2.25. The number of aryl methyl sites for hydroxylation is 3. The second-order valence-corrected chi connectivity index (χ2v) is 6.54. The predicted molar refractivity (Wildman–Crippen MR) is 94.9 cm³/mol. The zero-order valence-electron chi connectivity index (χ0n) is 14.7. The van der Waals surface area contributed by atoms with Gasteiger partial charge < -0.3 is 5.32 Å². The van der Waals surface area contributed by atoms with Gasteiger partial charge in [0, 0.05) is 29.3 Å². The van der Waals surface area contributed by atoms with E-state index in [2.05, 4.69) is 20.4 Å². The number of benzene rings is 1. The van der Waals surface area contributed by atoms with Gasteiger partial charge in [-0.25, -0.2) is 14.4 Å². The molecule has 1 aliphatic heterocycles. The van der Waals surface area contributed by atoms with Crippen LogP contribution in [-0.2, 0) is 4.79 Å². The summed E-state index contributed by atoms with van der Waals surface area (Å²) >= 11 is 0. The van der Waals surface area contributed by atoms with E-state index in [-0.39, 0.29) is 24.1 Å². The number of nitrogens with one attached hydrogen (secondary N) is 1. The zero-order valence-corrected chi connectivity index (χ0v) is 14.7. The maximum atomic E-state index is 14.4. The molecule has 132 valence electrons. The molecule has 0 fully saturated rings. The largest absolute Gasteiger partial charge is 0.310 e. The lowest BCUT2D eigenvalue weighted by molar-refractivity contribution is -0.116. The highest BCUT2D eigenvalue weighted by molar-refractivity contribution is 5.95. The van der Waals surface area contributed by atoms with Crippen LogP contribution in [0.2, 0.25) is 0 Å². The number of aromatic nitrogens is 4. The fraction of sp³-hybridized carbons (Fsp3) is 0.263. The summed E-state index contributed by atoms with van der Waals surface area (Å²) in [6, 6.07) is 8.41. The molecule has 0 aliphatic carbocycles. The van der Waals surface area contributed by atoms with E-state index in [0.29, 0.717) is 17.3 Å². The molecule has 4 rings (SSSR count). The molecule has 1 aromatic carbocycles. The number of anilines is 1. The Labute approximate surface area is 150 Å².